The lowest BCUT2D eigenvalue weighted by Crippen LogP contribution is -2.38. The largest absolute Gasteiger partial charge is 0.481 e. The zero-order valence-corrected chi connectivity index (χ0v) is 17.3. The quantitative estimate of drug-likeness (QED) is 0.581. The number of rotatable bonds is 7. The number of aromatic amines is 1. The molecule has 29 heavy (non-hydrogen) atoms. The monoisotopic (exact) mass is 448 g/mol. The van der Waals surface area contributed by atoms with Gasteiger partial charge in [0.05, 0.1) is 26.9 Å². The van der Waals surface area contributed by atoms with E-state index in [1.165, 1.54) is 27.2 Å². The fourth-order valence-corrected chi connectivity index (χ4v) is 3.37. The van der Waals surface area contributed by atoms with Crippen LogP contribution in [0.2, 0.25) is 5.15 Å². The van der Waals surface area contributed by atoms with Gasteiger partial charge < -0.3 is 14.2 Å². The highest BCUT2D eigenvalue weighted by molar-refractivity contribution is 7.89. The molecule has 0 unspecified atom stereocenters. The second-order valence-electron chi connectivity index (χ2n) is 5.12. The van der Waals surface area contributed by atoms with Gasteiger partial charge in [0.25, 0.3) is 10.0 Å². The number of carbonyl (C=O) groups excluding carboxylic acids is 2. The molecule has 2 rings (SSSR count). The number of hydrogen-bond acceptors (Lipinski definition) is 10. The summed E-state index contributed by atoms with van der Waals surface area (Å²) >= 11 is 5.79. The number of H-pyrrole nitrogens is 1. The Morgan fingerprint density at radius 1 is 1.24 bits per heavy atom. The van der Waals surface area contributed by atoms with Crippen LogP contribution in [0.3, 0.4) is 0 Å². The van der Waals surface area contributed by atoms with Crippen molar-refractivity contribution in [3.63, 3.8) is 0 Å². The number of esters is 1. The maximum Gasteiger partial charge on any atom is 0.344 e. The number of carbonyl (C=O) groups is 2. The van der Waals surface area contributed by atoms with Gasteiger partial charge in [-0.2, -0.15) is 23.5 Å². The van der Waals surface area contributed by atoms with Crippen molar-refractivity contribution in [2.24, 2.45) is 0 Å². The second-order valence-corrected chi connectivity index (χ2v) is 7.38. The smallest absolute Gasteiger partial charge is 0.344 e. The number of anilines is 1. The van der Waals surface area contributed by atoms with E-state index in [2.05, 4.69) is 25.5 Å². The van der Waals surface area contributed by atoms with Crippen molar-refractivity contribution in [2.45, 2.75) is 11.9 Å². The van der Waals surface area contributed by atoms with Gasteiger partial charge in [-0.15, -0.1) is 0 Å². The molecule has 0 aliphatic rings. The molecular weight excluding hydrogens is 432 g/mol. The average molecular weight is 449 g/mol. The maximum absolute atomic E-state index is 12.8. The average Bonchev–Trinajstić information content (AvgIpc) is 3.09. The molecule has 2 aromatic heterocycles. The van der Waals surface area contributed by atoms with Crippen molar-refractivity contribution < 1.29 is 32.2 Å². The molecule has 2 N–H and O–H groups in total. The minimum Gasteiger partial charge on any atom is -0.481 e. The van der Waals surface area contributed by atoms with Gasteiger partial charge in [-0.3, -0.25) is 10.4 Å². The topological polar surface area (TPSA) is 166 Å². The van der Waals surface area contributed by atoms with Gasteiger partial charge in [0.2, 0.25) is 17.7 Å². The van der Waals surface area contributed by atoms with Crippen LogP contribution in [-0.4, -0.2) is 72.8 Å². The molecule has 158 valence electrons. The Hall–Kier alpha value is -3.13. The van der Waals surface area contributed by atoms with E-state index in [0.717, 1.165) is 7.05 Å². The highest BCUT2D eigenvalue weighted by Crippen LogP contribution is 2.25. The molecule has 0 aliphatic heterocycles. The van der Waals surface area contributed by atoms with Gasteiger partial charge in [0.15, 0.2) is 10.2 Å². The number of ether oxygens (including phenoxy) is 3. The summed E-state index contributed by atoms with van der Waals surface area (Å²) in [5, 5.41) is 6.69. The first kappa shape index (κ1) is 22.2. The number of sulfonamides is 1. The minimum absolute atomic E-state index is 0.0227. The van der Waals surface area contributed by atoms with Crippen LogP contribution in [-0.2, 0) is 14.8 Å². The van der Waals surface area contributed by atoms with E-state index in [9.17, 15) is 18.0 Å². The highest BCUT2D eigenvalue weighted by atomic mass is 35.5. The van der Waals surface area contributed by atoms with Gasteiger partial charge >= 0.3 is 12.0 Å². The first-order valence-electron chi connectivity index (χ1n) is 7.83. The number of halogens is 1. The van der Waals surface area contributed by atoms with Gasteiger partial charge in [-0.25, -0.2) is 13.9 Å². The number of methoxy groups -OCH3 is 2. The van der Waals surface area contributed by atoms with Crippen LogP contribution in [0.25, 0.3) is 0 Å². The third-order valence-electron chi connectivity index (χ3n) is 3.39. The van der Waals surface area contributed by atoms with E-state index in [1.54, 1.807) is 0 Å². The van der Waals surface area contributed by atoms with Gasteiger partial charge in [0, 0.05) is 7.05 Å². The fourth-order valence-electron chi connectivity index (χ4n) is 1.96. The van der Waals surface area contributed by atoms with Crippen molar-refractivity contribution >= 4 is 39.6 Å². The third kappa shape index (κ3) is 4.65. The fraction of sp³-hybridized carbons (Fsp3) is 0.357. The lowest BCUT2D eigenvalue weighted by Gasteiger charge is -2.17. The minimum atomic E-state index is -4.56. The molecule has 0 atom stereocenters. The Kier molecular flexibility index (Phi) is 6.81. The van der Waals surface area contributed by atoms with Crippen LogP contribution in [0.1, 0.15) is 17.3 Å². The van der Waals surface area contributed by atoms with Crippen LogP contribution in [0, 0.1) is 0 Å². The summed E-state index contributed by atoms with van der Waals surface area (Å²) in [6.45, 7) is 1.51. The Morgan fingerprint density at radius 2 is 1.83 bits per heavy atom. The summed E-state index contributed by atoms with van der Waals surface area (Å²) in [4.78, 5) is 32.2. The number of aromatic nitrogens is 4. The standard InChI is InChI=1S/C14H17ClN6O7S/c1-5-28-12(22)9-10(15)19-20-11(9)29(24,25)21(2)14(23)18-13-16-7(26-3)6-8(17-13)27-4/h6H,5H2,1-4H3,(H,19,20)(H,16,17,18,23). The number of hydrogen-bond donors (Lipinski definition) is 2. The van der Waals surface area contributed by atoms with Gasteiger partial charge in [0.1, 0.15) is 5.56 Å². The Bertz CT molecular complexity index is 1000. The molecule has 0 radical (unpaired) electrons. The van der Waals surface area contributed by atoms with Crippen molar-refractivity contribution in [3.05, 3.63) is 16.8 Å². The molecule has 15 heteroatoms. The third-order valence-corrected chi connectivity index (χ3v) is 5.36. The molecule has 2 aromatic rings. The molecule has 0 bridgehead atoms. The van der Waals surface area contributed by atoms with E-state index < -0.39 is 37.8 Å². The summed E-state index contributed by atoms with van der Waals surface area (Å²) in [6.07, 6.45) is 0. The summed E-state index contributed by atoms with van der Waals surface area (Å²) < 4.78 is 40.6. The van der Waals surface area contributed by atoms with Crippen molar-refractivity contribution in [1.82, 2.24) is 24.5 Å². The summed E-state index contributed by atoms with van der Waals surface area (Å²) in [5.41, 5.74) is -0.521. The Labute approximate surface area is 170 Å². The molecule has 2 heterocycles. The van der Waals surface area contributed by atoms with Gasteiger partial charge in [-0.05, 0) is 6.92 Å². The molecule has 13 nitrogen and oxygen atoms in total. The molecule has 0 saturated heterocycles. The van der Waals surface area contributed by atoms with E-state index in [4.69, 9.17) is 25.8 Å². The lowest BCUT2D eigenvalue weighted by molar-refractivity contribution is 0.0522. The van der Waals surface area contributed by atoms with Crippen LogP contribution >= 0.6 is 11.6 Å². The molecule has 2 amide bonds. The number of nitrogens with one attached hydrogen (secondary N) is 2. The predicted octanol–water partition coefficient (Wildman–Crippen LogP) is 0.900. The van der Waals surface area contributed by atoms with Crippen LogP contribution in [0.4, 0.5) is 10.7 Å². The van der Waals surface area contributed by atoms with Crippen LogP contribution in [0.15, 0.2) is 11.1 Å². The van der Waals surface area contributed by atoms with Crippen molar-refractivity contribution in [1.29, 1.82) is 0 Å². The summed E-state index contributed by atoms with van der Waals surface area (Å²) in [5.74, 6) is -1.15. The normalized spacial score (nSPS) is 10.9. The predicted molar refractivity (Wildman–Crippen MR) is 98.7 cm³/mol. The van der Waals surface area contributed by atoms with Gasteiger partial charge in [-0.1, -0.05) is 11.6 Å². The summed E-state index contributed by atoms with van der Waals surface area (Å²) in [7, 11) is -0.940. The molecule has 0 aromatic carbocycles. The number of amides is 2. The zero-order valence-electron chi connectivity index (χ0n) is 15.7. The molecule has 0 aliphatic carbocycles. The number of nitrogens with zero attached hydrogens (tertiary/aromatic N) is 4. The number of urea groups is 1. The molecule has 0 saturated carbocycles. The van der Waals surface area contributed by atoms with E-state index in [-0.39, 0.29) is 24.3 Å². The first-order chi connectivity index (χ1) is 13.6. The van der Waals surface area contributed by atoms with E-state index in [0.29, 0.717) is 4.31 Å². The SMILES string of the molecule is CCOC(=O)c1c(Cl)n[nH]c1S(=O)(=O)N(C)C(=O)Nc1nc(OC)cc(OC)n1. The van der Waals surface area contributed by atoms with E-state index >= 15 is 0 Å². The molecular formula is C14H17ClN6O7S. The van der Waals surface area contributed by atoms with E-state index in [1.807, 2.05) is 0 Å². The summed E-state index contributed by atoms with van der Waals surface area (Å²) in [6, 6.07) is 0.217. The molecule has 0 fully saturated rings. The van der Waals surface area contributed by atoms with Crippen LogP contribution in [0.5, 0.6) is 11.8 Å². The Morgan fingerprint density at radius 3 is 2.34 bits per heavy atom. The lowest BCUT2D eigenvalue weighted by atomic mass is 10.4. The van der Waals surface area contributed by atoms with Crippen molar-refractivity contribution in [3.8, 4) is 11.8 Å². The highest BCUT2D eigenvalue weighted by Gasteiger charge is 2.35. The molecule has 0 spiro atoms. The van der Waals surface area contributed by atoms with Crippen LogP contribution < -0.4 is 14.8 Å². The second kappa shape index (κ2) is 8.91. The van der Waals surface area contributed by atoms with Crippen molar-refractivity contribution in [2.75, 3.05) is 33.2 Å². The maximum atomic E-state index is 12.8. The Balaban J connectivity index is 2.33. The zero-order chi connectivity index (χ0) is 21.8. The first-order valence-corrected chi connectivity index (χ1v) is 9.65.